The number of imidazole rings is 1. The van der Waals surface area contributed by atoms with E-state index in [9.17, 15) is 4.79 Å². The fourth-order valence-corrected chi connectivity index (χ4v) is 2.29. The van der Waals surface area contributed by atoms with E-state index in [2.05, 4.69) is 4.98 Å². The first-order valence-electron chi connectivity index (χ1n) is 5.84. The van der Waals surface area contributed by atoms with E-state index in [1.54, 1.807) is 6.92 Å². The van der Waals surface area contributed by atoms with Crippen LogP contribution >= 0.6 is 11.6 Å². The van der Waals surface area contributed by atoms with Gasteiger partial charge in [-0.2, -0.15) is 0 Å². The normalized spacial score (nSPS) is 14.7. The first kappa shape index (κ1) is 12.9. The van der Waals surface area contributed by atoms with Crippen LogP contribution in [-0.4, -0.2) is 15.5 Å². The lowest BCUT2D eigenvalue weighted by Gasteiger charge is -2.16. The fraction of sp³-hybridized carbons (Fsp3) is 0.385. The third-order valence-corrected chi connectivity index (χ3v) is 3.29. The Morgan fingerprint density at radius 1 is 1.44 bits per heavy atom. The van der Waals surface area contributed by atoms with Crippen LogP contribution in [0.4, 0.5) is 0 Å². The van der Waals surface area contributed by atoms with E-state index >= 15 is 0 Å². The number of carbonyl (C=O) groups is 1. The van der Waals surface area contributed by atoms with Gasteiger partial charge in [-0.3, -0.25) is 4.79 Å². The van der Waals surface area contributed by atoms with Crippen molar-refractivity contribution in [3.8, 4) is 0 Å². The van der Waals surface area contributed by atoms with Crippen molar-refractivity contribution >= 4 is 28.5 Å². The summed E-state index contributed by atoms with van der Waals surface area (Å²) in [4.78, 5) is 16.0. The lowest BCUT2D eigenvalue weighted by atomic mass is 10.2. The molecule has 0 bridgehead atoms. The summed E-state index contributed by atoms with van der Waals surface area (Å²) in [7, 11) is 0. The number of hydrogen-bond donors (Lipinski definition) is 1. The molecular formula is C13H16ClN3O. The Kier molecular flexibility index (Phi) is 3.30. The second kappa shape index (κ2) is 4.61. The number of carbonyl (C=O) groups excluding carboxylic acids is 1. The maximum absolute atomic E-state index is 11.5. The van der Waals surface area contributed by atoms with Gasteiger partial charge in [0.25, 0.3) is 0 Å². The number of aromatic nitrogens is 2. The number of benzene rings is 1. The second-order valence-electron chi connectivity index (χ2n) is 4.48. The number of aryl methyl sites for hydroxylation is 1. The van der Waals surface area contributed by atoms with Crippen molar-refractivity contribution in [1.82, 2.24) is 9.55 Å². The van der Waals surface area contributed by atoms with E-state index in [4.69, 9.17) is 17.3 Å². The van der Waals surface area contributed by atoms with Gasteiger partial charge in [0.2, 0.25) is 5.91 Å². The number of alkyl halides is 1. The van der Waals surface area contributed by atoms with Gasteiger partial charge in [0.1, 0.15) is 11.9 Å². The van der Waals surface area contributed by atoms with Crippen LogP contribution in [0.25, 0.3) is 11.0 Å². The first-order valence-corrected chi connectivity index (χ1v) is 6.28. The molecule has 0 radical (unpaired) electrons. The number of primary amides is 1. The van der Waals surface area contributed by atoms with Gasteiger partial charge in [0.15, 0.2) is 0 Å². The molecule has 0 saturated carbocycles. The van der Waals surface area contributed by atoms with Crippen molar-refractivity contribution in [2.45, 2.75) is 32.2 Å². The van der Waals surface area contributed by atoms with Crippen molar-refractivity contribution in [2.75, 3.05) is 0 Å². The maximum Gasteiger partial charge on any atom is 0.240 e. The Morgan fingerprint density at radius 3 is 2.67 bits per heavy atom. The third kappa shape index (κ3) is 1.97. The Labute approximate surface area is 111 Å². The quantitative estimate of drug-likeness (QED) is 0.868. The van der Waals surface area contributed by atoms with E-state index in [1.807, 2.05) is 36.6 Å². The summed E-state index contributed by atoms with van der Waals surface area (Å²) in [5.74, 6) is 0.281. The fourth-order valence-electron chi connectivity index (χ4n) is 2.14. The summed E-state index contributed by atoms with van der Waals surface area (Å²) in [5, 5.41) is -0.279. The van der Waals surface area contributed by atoms with Crippen molar-refractivity contribution in [2.24, 2.45) is 5.73 Å². The van der Waals surface area contributed by atoms with Crippen molar-refractivity contribution < 1.29 is 4.79 Å². The van der Waals surface area contributed by atoms with Crippen LogP contribution in [0, 0.1) is 6.92 Å². The van der Waals surface area contributed by atoms with Gasteiger partial charge >= 0.3 is 0 Å². The van der Waals surface area contributed by atoms with Crippen LogP contribution in [0.15, 0.2) is 18.2 Å². The summed E-state index contributed by atoms with van der Waals surface area (Å²) in [6.07, 6.45) is 0. The summed E-state index contributed by atoms with van der Waals surface area (Å²) in [6, 6.07) is 5.37. The van der Waals surface area contributed by atoms with Crippen molar-refractivity contribution in [3.63, 3.8) is 0 Å². The summed E-state index contributed by atoms with van der Waals surface area (Å²) < 4.78 is 1.84. The van der Waals surface area contributed by atoms with Crippen LogP contribution < -0.4 is 5.73 Å². The van der Waals surface area contributed by atoms with Gasteiger partial charge in [0, 0.05) is 0 Å². The van der Waals surface area contributed by atoms with E-state index in [0.29, 0.717) is 5.82 Å². The molecule has 2 aromatic rings. The minimum Gasteiger partial charge on any atom is -0.368 e. The zero-order chi connectivity index (χ0) is 13.4. The van der Waals surface area contributed by atoms with Crippen LogP contribution in [0.1, 0.15) is 36.7 Å². The second-order valence-corrected chi connectivity index (χ2v) is 5.13. The number of halogens is 1. The minimum atomic E-state index is -0.465. The molecule has 0 aliphatic carbocycles. The van der Waals surface area contributed by atoms with Gasteiger partial charge in [-0.05, 0) is 32.4 Å². The zero-order valence-corrected chi connectivity index (χ0v) is 11.4. The number of nitrogens with zero attached hydrogens (tertiary/aromatic N) is 2. The molecule has 0 aliphatic heterocycles. The highest BCUT2D eigenvalue weighted by atomic mass is 35.5. The van der Waals surface area contributed by atoms with Gasteiger partial charge in [0.05, 0.1) is 16.4 Å². The molecule has 1 aromatic carbocycles. The Balaban J connectivity index is 2.81. The standard InChI is InChI=1S/C13H16ClN3O/c1-7-5-4-6-10-11(7)17(9(3)12(15)18)13(16-10)8(2)14/h4-6,8-9H,1-3H3,(H2,15,18). The van der Waals surface area contributed by atoms with E-state index in [0.717, 1.165) is 16.6 Å². The topological polar surface area (TPSA) is 60.9 Å². The lowest BCUT2D eigenvalue weighted by Crippen LogP contribution is -2.25. The predicted octanol–water partition coefficient (Wildman–Crippen LogP) is 2.69. The Hall–Kier alpha value is -1.55. The van der Waals surface area contributed by atoms with Crippen LogP contribution in [0.2, 0.25) is 0 Å². The van der Waals surface area contributed by atoms with Gasteiger partial charge < -0.3 is 10.3 Å². The number of nitrogens with two attached hydrogens (primary N) is 1. The number of amides is 1. The molecule has 96 valence electrons. The number of rotatable bonds is 3. The first-order chi connectivity index (χ1) is 8.43. The molecule has 1 heterocycles. The molecule has 0 aliphatic rings. The highest BCUT2D eigenvalue weighted by molar-refractivity contribution is 6.20. The zero-order valence-electron chi connectivity index (χ0n) is 10.6. The van der Waals surface area contributed by atoms with Crippen LogP contribution in [-0.2, 0) is 4.79 Å². The SMILES string of the molecule is Cc1cccc2nc(C(C)Cl)n(C(C)C(N)=O)c12. The van der Waals surface area contributed by atoms with Gasteiger partial charge in [-0.25, -0.2) is 4.98 Å². The van der Waals surface area contributed by atoms with Crippen molar-refractivity contribution in [3.05, 3.63) is 29.6 Å². The number of para-hydroxylation sites is 1. The summed E-state index contributed by atoms with van der Waals surface area (Å²) in [5.41, 5.74) is 8.22. The molecule has 5 heteroatoms. The summed E-state index contributed by atoms with van der Waals surface area (Å²) >= 11 is 6.15. The Bertz CT molecular complexity index is 604. The lowest BCUT2D eigenvalue weighted by molar-refractivity contribution is -0.120. The largest absolute Gasteiger partial charge is 0.368 e. The van der Waals surface area contributed by atoms with Gasteiger partial charge in [-0.1, -0.05) is 12.1 Å². The molecule has 4 nitrogen and oxygen atoms in total. The third-order valence-electron chi connectivity index (χ3n) is 3.09. The van der Waals surface area contributed by atoms with Gasteiger partial charge in [-0.15, -0.1) is 11.6 Å². The highest BCUT2D eigenvalue weighted by Crippen LogP contribution is 2.29. The van der Waals surface area contributed by atoms with Crippen LogP contribution in [0.5, 0.6) is 0 Å². The number of hydrogen-bond acceptors (Lipinski definition) is 2. The predicted molar refractivity (Wildman–Crippen MR) is 72.6 cm³/mol. The molecule has 2 atom stereocenters. The molecule has 0 saturated heterocycles. The molecule has 2 N–H and O–H groups in total. The van der Waals surface area contributed by atoms with E-state index in [-0.39, 0.29) is 5.38 Å². The minimum absolute atomic E-state index is 0.279. The molecule has 0 spiro atoms. The monoisotopic (exact) mass is 265 g/mol. The molecule has 18 heavy (non-hydrogen) atoms. The molecular weight excluding hydrogens is 250 g/mol. The number of fused-ring (bicyclic) bond motifs is 1. The average Bonchev–Trinajstić information content (AvgIpc) is 2.68. The molecule has 2 unspecified atom stereocenters. The molecule has 2 rings (SSSR count). The molecule has 1 aromatic heterocycles. The van der Waals surface area contributed by atoms with E-state index in [1.165, 1.54) is 0 Å². The van der Waals surface area contributed by atoms with Crippen molar-refractivity contribution in [1.29, 1.82) is 0 Å². The molecule has 1 amide bonds. The summed E-state index contributed by atoms with van der Waals surface area (Å²) in [6.45, 7) is 5.58. The van der Waals surface area contributed by atoms with E-state index < -0.39 is 11.9 Å². The maximum atomic E-state index is 11.5. The Morgan fingerprint density at radius 2 is 2.11 bits per heavy atom. The van der Waals surface area contributed by atoms with Crippen LogP contribution in [0.3, 0.4) is 0 Å². The average molecular weight is 266 g/mol. The molecule has 0 fully saturated rings. The smallest absolute Gasteiger partial charge is 0.240 e. The highest BCUT2D eigenvalue weighted by Gasteiger charge is 2.22.